The Hall–Kier alpha value is -2.11. The molecule has 0 aromatic rings. The van der Waals surface area contributed by atoms with E-state index in [-0.39, 0.29) is 31.1 Å². The maximum atomic E-state index is 12.8. The normalized spacial score (nSPS) is 12.1. The number of carbonyl (C=O) groups excluding carboxylic acids is 3. The quantitative estimate of drug-likeness (QED) is 0.0261. The van der Waals surface area contributed by atoms with Crippen LogP contribution in [0.5, 0.6) is 0 Å². The predicted octanol–water partition coefficient (Wildman–Crippen LogP) is 23.4. The molecule has 6 nitrogen and oxygen atoms in total. The second-order valence-electron chi connectivity index (χ2n) is 23.4. The van der Waals surface area contributed by atoms with Crippen molar-refractivity contribution in [2.24, 2.45) is 0 Å². The molecule has 6 heteroatoms. The molecule has 0 saturated heterocycles. The molecule has 0 aliphatic rings. The Bertz CT molecular complexity index is 1230. The second kappa shape index (κ2) is 65.4. The third kappa shape index (κ3) is 62.7. The average Bonchev–Trinajstić information content (AvgIpc) is 3.42. The molecule has 448 valence electrons. The summed E-state index contributed by atoms with van der Waals surface area (Å²) in [5, 5.41) is 0. The van der Waals surface area contributed by atoms with E-state index in [0.29, 0.717) is 19.3 Å². The lowest BCUT2D eigenvalue weighted by Crippen LogP contribution is -2.30. The van der Waals surface area contributed by atoms with Crippen LogP contribution in [0, 0.1) is 0 Å². The number of unbranched alkanes of at least 4 members (excludes halogenated alkanes) is 49. The number of ether oxygens (including phenoxy) is 3. The van der Waals surface area contributed by atoms with Gasteiger partial charge >= 0.3 is 17.9 Å². The molecule has 0 bridgehead atoms. The summed E-state index contributed by atoms with van der Waals surface area (Å²) < 4.78 is 16.8. The highest BCUT2D eigenvalue weighted by atomic mass is 16.6. The number of hydrogen-bond acceptors (Lipinski definition) is 6. The molecular weight excluding hydrogens is 937 g/mol. The SMILES string of the molecule is CCCCCCCC/C=C\CCCCCCCCCCCC(=O)OC(COC(=O)CCCCCCCC)COC(=O)CCCCCCCCCCCCCCCCCCCCCCC/C=C\CCCCCCCCCC. The van der Waals surface area contributed by atoms with Crippen molar-refractivity contribution < 1.29 is 28.6 Å². The largest absolute Gasteiger partial charge is 0.462 e. The van der Waals surface area contributed by atoms with Gasteiger partial charge in [0.1, 0.15) is 13.2 Å². The number of esters is 3. The summed E-state index contributed by atoms with van der Waals surface area (Å²) in [6.45, 7) is 6.64. The van der Waals surface area contributed by atoms with E-state index in [9.17, 15) is 14.4 Å². The molecule has 0 saturated carbocycles. The van der Waals surface area contributed by atoms with E-state index in [1.807, 2.05) is 0 Å². The van der Waals surface area contributed by atoms with Crippen LogP contribution in [-0.4, -0.2) is 37.2 Å². The van der Waals surface area contributed by atoms with Gasteiger partial charge < -0.3 is 14.2 Å². The highest BCUT2D eigenvalue weighted by molar-refractivity contribution is 5.71. The van der Waals surface area contributed by atoms with Crippen molar-refractivity contribution in [2.45, 2.75) is 393 Å². The second-order valence-corrected chi connectivity index (χ2v) is 23.4. The maximum absolute atomic E-state index is 12.8. The number of hydrogen-bond donors (Lipinski definition) is 0. The summed E-state index contributed by atoms with van der Waals surface area (Å²) in [5.74, 6) is -0.854. The van der Waals surface area contributed by atoms with E-state index in [2.05, 4.69) is 45.1 Å². The van der Waals surface area contributed by atoms with E-state index in [4.69, 9.17) is 14.2 Å². The lowest BCUT2D eigenvalue weighted by Gasteiger charge is -2.18. The van der Waals surface area contributed by atoms with E-state index >= 15 is 0 Å². The van der Waals surface area contributed by atoms with Gasteiger partial charge in [0, 0.05) is 19.3 Å². The molecule has 1 unspecified atom stereocenters. The first-order valence-electron chi connectivity index (χ1n) is 34.3. The topological polar surface area (TPSA) is 78.9 Å². The molecular formula is C70H132O6. The Balaban J connectivity index is 3.92. The first kappa shape index (κ1) is 73.9. The Kier molecular flexibility index (Phi) is 63.6. The molecule has 0 aliphatic carbocycles. The van der Waals surface area contributed by atoms with Gasteiger partial charge in [-0.2, -0.15) is 0 Å². The van der Waals surface area contributed by atoms with E-state index in [0.717, 1.165) is 57.8 Å². The van der Waals surface area contributed by atoms with Gasteiger partial charge in [0.25, 0.3) is 0 Å². The number of allylic oxidation sites excluding steroid dienone is 4. The molecule has 76 heavy (non-hydrogen) atoms. The summed E-state index contributed by atoms with van der Waals surface area (Å²) in [7, 11) is 0. The summed E-state index contributed by atoms with van der Waals surface area (Å²) in [5.41, 5.74) is 0. The predicted molar refractivity (Wildman–Crippen MR) is 330 cm³/mol. The fraction of sp³-hybridized carbons (Fsp3) is 0.900. The minimum atomic E-state index is -0.766. The van der Waals surface area contributed by atoms with Crippen molar-refractivity contribution in [1.29, 1.82) is 0 Å². The van der Waals surface area contributed by atoms with Gasteiger partial charge in [-0.15, -0.1) is 0 Å². The van der Waals surface area contributed by atoms with Gasteiger partial charge in [0.05, 0.1) is 0 Å². The minimum Gasteiger partial charge on any atom is -0.462 e. The molecule has 0 aromatic carbocycles. The van der Waals surface area contributed by atoms with Crippen molar-refractivity contribution in [3.8, 4) is 0 Å². The monoisotopic (exact) mass is 1070 g/mol. The maximum Gasteiger partial charge on any atom is 0.306 e. The van der Waals surface area contributed by atoms with Gasteiger partial charge in [0.15, 0.2) is 6.10 Å². The summed E-state index contributed by atoms with van der Waals surface area (Å²) in [6, 6.07) is 0. The summed E-state index contributed by atoms with van der Waals surface area (Å²) in [6.07, 6.45) is 79.7. The zero-order valence-corrected chi connectivity index (χ0v) is 51.6. The van der Waals surface area contributed by atoms with Crippen molar-refractivity contribution in [3.63, 3.8) is 0 Å². The van der Waals surface area contributed by atoms with Gasteiger partial charge in [-0.25, -0.2) is 0 Å². The van der Waals surface area contributed by atoms with Crippen molar-refractivity contribution >= 4 is 17.9 Å². The molecule has 0 aromatic heterocycles. The lowest BCUT2D eigenvalue weighted by molar-refractivity contribution is -0.167. The average molecular weight is 1070 g/mol. The first-order chi connectivity index (χ1) is 37.5. The third-order valence-corrected chi connectivity index (χ3v) is 15.7. The molecule has 0 heterocycles. The summed E-state index contributed by atoms with van der Waals surface area (Å²) in [4.78, 5) is 38.0. The smallest absolute Gasteiger partial charge is 0.306 e. The molecule has 0 aliphatic heterocycles. The zero-order valence-electron chi connectivity index (χ0n) is 51.6. The Morgan fingerprint density at radius 2 is 0.434 bits per heavy atom. The highest BCUT2D eigenvalue weighted by Gasteiger charge is 2.19. The third-order valence-electron chi connectivity index (χ3n) is 15.7. The van der Waals surface area contributed by atoms with Crippen LogP contribution >= 0.6 is 0 Å². The molecule has 0 amide bonds. The Morgan fingerprint density at radius 1 is 0.250 bits per heavy atom. The summed E-state index contributed by atoms with van der Waals surface area (Å²) >= 11 is 0. The fourth-order valence-corrected chi connectivity index (χ4v) is 10.5. The highest BCUT2D eigenvalue weighted by Crippen LogP contribution is 2.18. The molecule has 0 rings (SSSR count). The van der Waals surface area contributed by atoms with E-state index in [1.54, 1.807) is 0 Å². The van der Waals surface area contributed by atoms with Crippen molar-refractivity contribution in [3.05, 3.63) is 24.3 Å². The van der Waals surface area contributed by atoms with Gasteiger partial charge in [-0.1, -0.05) is 321 Å². The molecule has 0 fully saturated rings. The standard InChI is InChI=1S/C70H132O6/c1-4-7-10-13-16-18-20-22-24-26-28-29-30-31-32-33-34-35-36-37-38-39-40-41-43-44-46-48-50-52-54-57-60-63-69(72)75-66-67(65-74-68(71)62-59-56-15-12-9-6-3)76-70(73)64-61-58-55-53-51-49-47-45-42-27-25-23-21-19-17-14-11-8-5-2/h23,25-26,28,67H,4-22,24,27,29-66H2,1-3H3/b25-23-,28-26-. The molecule has 1 atom stereocenters. The van der Waals surface area contributed by atoms with Crippen LogP contribution in [0.2, 0.25) is 0 Å². The Morgan fingerprint density at radius 3 is 0.658 bits per heavy atom. The van der Waals surface area contributed by atoms with Gasteiger partial charge in [-0.05, 0) is 70.6 Å². The first-order valence-corrected chi connectivity index (χ1v) is 34.3. The Labute approximate surface area is 474 Å². The number of carbonyl (C=O) groups is 3. The molecule has 0 spiro atoms. The van der Waals surface area contributed by atoms with Gasteiger partial charge in [0.2, 0.25) is 0 Å². The van der Waals surface area contributed by atoms with Crippen LogP contribution < -0.4 is 0 Å². The van der Waals surface area contributed by atoms with Crippen molar-refractivity contribution in [2.75, 3.05) is 13.2 Å². The van der Waals surface area contributed by atoms with Crippen LogP contribution in [0.15, 0.2) is 24.3 Å². The van der Waals surface area contributed by atoms with E-state index < -0.39 is 6.10 Å². The fourth-order valence-electron chi connectivity index (χ4n) is 10.5. The van der Waals surface area contributed by atoms with Crippen LogP contribution in [0.25, 0.3) is 0 Å². The van der Waals surface area contributed by atoms with Crippen LogP contribution in [0.1, 0.15) is 387 Å². The zero-order chi connectivity index (χ0) is 55.0. The molecule has 0 N–H and O–H groups in total. The van der Waals surface area contributed by atoms with Crippen molar-refractivity contribution in [1.82, 2.24) is 0 Å². The van der Waals surface area contributed by atoms with Gasteiger partial charge in [-0.3, -0.25) is 14.4 Å². The number of rotatable bonds is 64. The van der Waals surface area contributed by atoms with Crippen LogP contribution in [-0.2, 0) is 28.6 Å². The lowest BCUT2D eigenvalue weighted by atomic mass is 10.0. The minimum absolute atomic E-state index is 0.0668. The van der Waals surface area contributed by atoms with Crippen LogP contribution in [0.3, 0.4) is 0 Å². The van der Waals surface area contributed by atoms with E-state index in [1.165, 1.54) is 289 Å². The van der Waals surface area contributed by atoms with Crippen LogP contribution in [0.4, 0.5) is 0 Å². The molecule has 0 radical (unpaired) electrons.